The highest BCUT2D eigenvalue weighted by atomic mass is 16.6. The second kappa shape index (κ2) is 6.00. The topological polar surface area (TPSA) is 56.6 Å². The number of hydrogen-bond donors (Lipinski definition) is 0. The van der Waals surface area contributed by atoms with Gasteiger partial charge in [-0.2, -0.15) is 5.10 Å². The summed E-state index contributed by atoms with van der Waals surface area (Å²) < 4.78 is 13.5. The summed E-state index contributed by atoms with van der Waals surface area (Å²) in [6, 6.07) is 6.02. The van der Waals surface area contributed by atoms with Crippen molar-refractivity contribution in [3.63, 3.8) is 0 Å². The first kappa shape index (κ1) is 16.6. The van der Waals surface area contributed by atoms with Gasteiger partial charge in [0.15, 0.2) is 0 Å². The molecule has 130 valence electrons. The van der Waals surface area contributed by atoms with Gasteiger partial charge in [0.2, 0.25) is 0 Å². The number of benzene rings is 1. The Morgan fingerprint density at radius 2 is 2.08 bits per heavy atom. The monoisotopic (exact) mass is 331 g/mol. The summed E-state index contributed by atoms with van der Waals surface area (Å²) >= 11 is 0. The molecule has 2 atom stereocenters. The number of fused-ring (bicyclic) bond motifs is 1. The summed E-state index contributed by atoms with van der Waals surface area (Å²) in [4.78, 5) is 14.1. The van der Waals surface area contributed by atoms with Gasteiger partial charge in [0, 0.05) is 24.9 Å². The zero-order chi connectivity index (χ0) is 17.5. The first-order valence-electron chi connectivity index (χ1n) is 8.31. The van der Waals surface area contributed by atoms with Crippen molar-refractivity contribution >= 4 is 17.0 Å². The van der Waals surface area contributed by atoms with Crippen molar-refractivity contribution in [2.24, 2.45) is 7.05 Å². The molecule has 2 heterocycles. The number of aryl methyl sites for hydroxylation is 1. The van der Waals surface area contributed by atoms with Gasteiger partial charge < -0.3 is 14.4 Å². The summed E-state index contributed by atoms with van der Waals surface area (Å²) in [5.74, 6) is 0.802. The van der Waals surface area contributed by atoms with Crippen LogP contribution in [-0.4, -0.2) is 45.1 Å². The van der Waals surface area contributed by atoms with E-state index in [1.165, 1.54) is 0 Å². The Morgan fingerprint density at radius 1 is 1.33 bits per heavy atom. The molecule has 2 aromatic rings. The average molecular weight is 331 g/mol. The van der Waals surface area contributed by atoms with Crippen molar-refractivity contribution in [2.75, 3.05) is 6.54 Å². The molecular weight excluding hydrogens is 306 g/mol. The predicted octanol–water partition coefficient (Wildman–Crippen LogP) is 3.35. The first-order chi connectivity index (χ1) is 11.2. The van der Waals surface area contributed by atoms with E-state index in [0.717, 1.165) is 23.1 Å². The van der Waals surface area contributed by atoms with Gasteiger partial charge in [0.25, 0.3) is 0 Å². The lowest BCUT2D eigenvalue weighted by Crippen LogP contribution is -2.39. The number of hydrogen-bond acceptors (Lipinski definition) is 4. The molecule has 1 fully saturated rings. The highest BCUT2D eigenvalue weighted by Crippen LogP contribution is 2.29. The largest absolute Gasteiger partial charge is 0.486 e. The molecule has 6 heteroatoms. The van der Waals surface area contributed by atoms with E-state index in [2.05, 4.69) is 5.10 Å². The van der Waals surface area contributed by atoms with Crippen LogP contribution in [0.25, 0.3) is 10.9 Å². The zero-order valence-corrected chi connectivity index (χ0v) is 14.9. The summed E-state index contributed by atoms with van der Waals surface area (Å²) in [5.41, 5.74) is 0.483. The standard InChI is InChI=1S/C18H25N3O3/c1-12-9-14(11-21(12)17(22)24-18(2,3)4)23-15-8-6-7-13-10-19-20(5)16(13)15/h6-8,10,12,14H,9,11H2,1-5H3/t12-,14+/m0/s1. The average Bonchev–Trinajstić information content (AvgIpc) is 3.02. The molecule has 0 N–H and O–H groups in total. The van der Waals surface area contributed by atoms with Crippen LogP contribution in [0.5, 0.6) is 5.75 Å². The van der Waals surface area contributed by atoms with E-state index >= 15 is 0 Å². The Morgan fingerprint density at radius 3 is 2.79 bits per heavy atom. The normalized spacial score (nSPS) is 21.3. The van der Waals surface area contributed by atoms with Crippen LogP contribution in [0.1, 0.15) is 34.1 Å². The molecule has 1 aromatic carbocycles. The second-order valence-corrected chi connectivity index (χ2v) is 7.42. The van der Waals surface area contributed by atoms with Crippen LogP contribution in [0.3, 0.4) is 0 Å². The minimum Gasteiger partial charge on any atom is -0.486 e. The minimum atomic E-state index is -0.490. The second-order valence-electron chi connectivity index (χ2n) is 7.42. The maximum atomic E-state index is 12.3. The lowest BCUT2D eigenvalue weighted by Gasteiger charge is -2.26. The Labute approximate surface area is 142 Å². The molecule has 1 aliphatic heterocycles. The molecule has 1 aromatic heterocycles. The number of nitrogens with zero attached hydrogens (tertiary/aromatic N) is 3. The molecule has 0 unspecified atom stereocenters. The van der Waals surface area contributed by atoms with Crippen molar-refractivity contribution < 1.29 is 14.3 Å². The number of amides is 1. The van der Waals surface area contributed by atoms with Crippen molar-refractivity contribution in [1.82, 2.24) is 14.7 Å². The number of likely N-dealkylation sites (tertiary alicyclic amines) is 1. The quantitative estimate of drug-likeness (QED) is 0.847. The lowest BCUT2D eigenvalue weighted by atomic mass is 10.2. The molecule has 1 saturated heterocycles. The van der Waals surface area contributed by atoms with Crippen LogP contribution in [0.4, 0.5) is 4.79 Å². The van der Waals surface area contributed by atoms with E-state index < -0.39 is 5.60 Å². The van der Waals surface area contributed by atoms with E-state index in [-0.39, 0.29) is 18.2 Å². The van der Waals surface area contributed by atoms with Crippen LogP contribution in [0, 0.1) is 0 Å². The maximum Gasteiger partial charge on any atom is 0.410 e. The first-order valence-corrected chi connectivity index (χ1v) is 8.31. The van der Waals surface area contributed by atoms with Crippen molar-refractivity contribution in [3.05, 3.63) is 24.4 Å². The SMILES string of the molecule is C[C@H]1C[C@@H](Oc2cccc3cnn(C)c23)CN1C(=O)OC(C)(C)C. The molecule has 6 nitrogen and oxygen atoms in total. The van der Waals surface area contributed by atoms with Gasteiger partial charge in [0.1, 0.15) is 23.0 Å². The smallest absolute Gasteiger partial charge is 0.410 e. The molecule has 1 aliphatic rings. The predicted molar refractivity (Wildman–Crippen MR) is 92.1 cm³/mol. The van der Waals surface area contributed by atoms with E-state index in [1.54, 1.807) is 4.90 Å². The van der Waals surface area contributed by atoms with Gasteiger partial charge in [-0.1, -0.05) is 12.1 Å². The lowest BCUT2D eigenvalue weighted by molar-refractivity contribution is 0.0224. The molecule has 24 heavy (non-hydrogen) atoms. The van der Waals surface area contributed by atoms with Crippen LogP contribution < -0.4 is 4.74 Å². The van der Waals surface area contributed by atoms with Crippen molar-refractivity contribution in [1.29, 1.82) is 0 Å². The Hall–Kier alpha value is -2.24. The Balaban J connectivity index is 1.73. The third-order valence-corrected chi connectivity index (χ3v) is 4.18. The highest BCUT2D eigenvalue weighted by Gasteiger charge is 2.36. The van der Waals surface area contributed by atoms with Crippen LogP contribution in [-0.2, 0) is 11.8 Å². The molecule has 1 amide bonds. The summed E-state index contributed by atoms with van der Waals surface area (Å²) in [7, 11) is 1.90. The summed E-state index contributed by atoms with van der Waals surface area (Å²) in [5, 5.41) is 5.33. The Kier molecular flexibility index (Phi) is 4.15. The van der Waals surface area contributed by atoms with E-state index in [4.69, 9.17) is 9.47 Å². The number of carbonyl (C=O) groups is 1. The fourth-order valence-electron chi connectivity index (χ4n) is 3.11. The fraction of sp³-hybridized carbons (Fsp3) is 0.556. The molecular formula is C18H25N3O3. The zero-order valence-electron chi connectivity index (χ0n) is 14.9. The summed E-state index contributed by atoms with van der Waals surface area (Å²) in [6.07, 6.45) is 2.29. The number of aromatic nitrogens is 2. The number of para-hydroxylation sites is 1. The molecule has 0 saturated carbocycles. The molecule has 0 radical (unpaired) electrons. The van der Waals surface area contributed by atoms with Gasteiger partial charge in [-0.3, -0.25) is 4.68 Å². The van der Waals surface area contributed by atoms with Gasteiger partial charge in [0.05, 0.1) is 12.7 Å². The highest BCUT2D eigenvalue weighted by molar-refractivity contribution is 5.84. The Bertz CT molecular complexity index is 748. The van der Waals surface area contributed by atoms with Gasteiger partial charge in [-0.25, -0.2) is 4.79 Å². The van der Waals surface area contributed by atoms with E-state index in [0.29, 0.717) is 6.54 Å². The fourth-order valence-corrected chi connectivity index (χ4v) is 3.11. The third kappa shape index (κ3) is 3.32. The minimum absolute atomic E-state index is 0.0481. The van der Waals surface area contributed by atoms with Gasteiger partial charge in [-0.15, -0.1) is 0 Å². The molecule has 0 spiro atoms. The molecule has 0 aliphatic carbocycles. The molecule has 0 bridgehead atoms. The summed E-state index contributed by atoms with van der Waals surface area (Å²) in [6.45, 7) is 8.19. The number of rotatable bonds is 2. The van der Waals surface area contributed by atoms with Gasteiger partial charge in [-0.05, 0) is 33.8 Å². The molecule has 3 rings (SSSR count). The van der Waals surface area contributed by atoms with E-state index in [9.17, 15) is 4.79 Å². The van der Waals surface area contributed by atoms with Crippen LogP contribution in [0.15, 0.2) is 24.4 Å². The van der Waals surface area contributed by atoms with Crippen LogP contribution >= 0.6 is 0 Å². The van der Waals surface area contributed by atoms with Crippen molar-refractivity contribution in [3.8, 4) is 5.75 Å². The van der Waals surface area contributed by atoms with Crippen LogP contribution in [0.2, 0.25) is 0 Å². The third-order valence-electron chi connectivity index (χ3n) is 4.18. The van der Waals surface area contributed by atoms with Crippen molar-refractivity contribution in [2.45, 2.75) is 51.9 Å². The number of carbonyl (C=O) groups excluding carboxylic acids is 1. The van der Waals surface area contributed by atoms with Gasteiger partial charge >= 0.3 is 6.09 Å². The van der Waals surface area contributed by atoms with E-state index in [1.807, 2.05) is 63.8 Å². The maximum absolute atomic E-state index is 12.3. The number of ether oxygens (including phenoxy) is 2.